The number of nitrogens with one attached hydrogen (secondary N) is 1. The summed E-state index contributed by atoms with van der Waals surface area (Å²) < 4.78 is 0. The van der Waals surface area contributed by atoms with E-state index >= 15 is 0 Å². The van der Waals surface area contributed by atoms with Crippen LogP contribution in [0.2, 0.25) is 0 Å². The summed E-state index contributed by atoms with van der Waals surface area (Å²) in [5.74, 6) is -0.142. The van der Waals surface area contributed by atoms with Crippen molar-refractivity contribution >= 4 is 5.91 Å². The molecule has 1 amide bonds. The van der Waals surface area contributed by atoms with Gasteiger partial charge < -0.3 is 15.5 Å². The van der Waals surface area contributed by atoms with Gasteiger partial charge in [0.2, 0.25) is 0 Å². The summed E-state index contributed by atoms with van der Waals surface area (Å²) in [5, 5.41) is 21.7. The number of benzene rings is 1. The van der Waals surface area contributed by atoms with Gasteiger partial charge in [0.1, 0.15) is 5.75 Å². The number of aliphatic hydroxyl groups is 1. The topological polar surface area (TPSA) is 69.6 Å². The van der Waals surface area contributed by atoms with Crippen LogP contribution in [0, 0.1) is 5.41 Å². The summed E-state index contributed by atoms with van der Waals surface area (Å²) in [4.78, 5) is 11.9. The van der Waals surface area contributed by atoms with Gasteiger partial charge in [0, 0.05) is 17.0 Å². The highest BCUT2D eigenvalue weighted by Crippen LogP contribution is 2.40. The van der Waals surface area contributed by atoms with E-state index in [0.29, 0.717) is 12.0 Å². The molecular weight excluding hydrogens is 218 g/mol. The number of phenolic OH excluding ortho intramolecular Hbond substituents is 1. The summed E-state index contributed by atoms with van der Waals surface area (Å²) in [5.41, 5.74) is 0.147. The van der Waals surface area contributed by atoms with Crippen LogP contribution < -0.4 is 5.32 Å². The molecule has 1 fully saturated rings. The molecule has 3 N–H and O–H groups in total. The third-order valence-electron chi connectivity index (χ3n) is 3.63. The number of phenols is 1. The molecule has 1 aliphatic rings. The van der Waals surface area contributed by atoms with E-state index in [1.165, 1.54) is 12.1 Å². The predicted molar refractivity (Wildman–Crippen MR) is 63.8 cm³/mol. The molecule has 0 spiro atoms. The monoisotopic (exact) mass is 235 g/mol. The summed E-state index contributed by atoms with van der Waals surface area (Å²) >= 11 is 0. The molecule has 2 unspecified atom stereocenters. The van der Waals surface area contributed by atoms with Gasteiger partial charge in [-0.15, -0.1) is 0 Å². The molecule has 0 bridgehead atoms. The van der Waals surface area contributed by atoms with Crippen LogP contribution in [0.4, 0.5) is 0 Å². The molecule has 0 aliphatic heterocycles. The zero-order valence-electron chi connectivity index (χ0n) is 9.97. The van der Waals surface area contributed by atoms with E-state index in [2.05, 4.69) is 5.32 Å². The highest BCUT2D eigenvalue weighted by Gasteiger charge is 2.47. The highest BCUT2D eigenvalue weighted by molar-refractivity contribution is 5.94. The second kappa shape index (κ2) is 4.04. The number of amides is 1. The third kappa shape index (κ3) is 2.13. The largest absolute Gasteiger partial charge is 0.508 e. The number of rotatable bonds is 2. The number of aromatic hydroxyl groups is 1. The number of hydrogen-bond donors (Lipinski definition) is 3. The lowest BCUT2D eigenvalue weighted by molar-refractivity contribution is -0.0689. The first-order valence-corrected chi connectivity index (χ1v) is 5.69. The Morgan fingerprint density at radius 3 is 2.71 bits per heavy atom. The fourth-order valence-corrected chi connectivity index (χ4v) is 2.04. The van der Waals surface area contributed by atoms with E-state index in [-0.39, 0.29) is 29.2 Å². The van der Waals surface area contributed by atoms with Crippen molar-refractivity contribution in [1.29, 1.82) is 0 Å². The fourth-order valence-electron chi connectivity index (χ4n) is 2.04. The number of carbonyl (C=O) groups is 1. The highest BCUT2D eigenvalue weighted by atomic mass is 16.3. The van der Waals surface area contributed by atoms with E-state index in [9.17, 15) is 15.0 Å². The third-order valence-corrected chi connectivity index (χ3v) is 3.63. The van der Waals surface area contributed by atoms with Crippen molar-refractivity contribution in [2.75, 3.05) is 0 Å². The van der Waals surface area contributed by atoms with Crippen molar-refractivity contribution in [3.8, 4) is 5.75 Å². The first kappa shape index (κ1) is 11.9. The zero-order valence-corrected chi connectivity index (χ0v) is 9.97. The van der Waals surface area contributed by atoms with Crippen LogP contribution in [0.1, 0.15) is 30.6 Å². The van der Waals surface area contributed by atoms with Crippen LogP contribution in [0.3, 0.4) is 0 Å². The normalized spacial score (nSPS) is 26.1. The van der Waals surface area contributed by atoms with Gasteiger partial charge in [-0.2, -0.15) is 0 Å². The zero-order chi connectivity index (χ0) is 12.6. The minimum Gasteiger partial charge on any atom is -0.508 e. The van der Waals surface area contributed by atoms with Crippen LogP contribution in [0.25, 0.3) is 0 Å². The molecule has 2 rings (SSSR count). The van der Waals surface area contributed by atoms with Gasteiger partial charge in [-0.25, -0.2) is 0 Å². The van der Waals surface area contributed by atoms with Crippen LogP contribution >= 0.6 is 0 Å². The van der Waals surface area contributed by atoms with Gasteiger partial charge in [0.25, 0.3) is 5.91 Å². The van der Waals surface area contributed by atoms with Gasteiger partial charge in [0.05, 0.1) is 6.10 Å². The van der Waals surface area contributed by atoms with Crippen LogP contribution in [0.15, 0.2) is 24.3 Å². The minimum absolute atomic E-state index is 0.0210. The molecule has 4 nitrogen and oxygen atoms in total. The van der Waals surface area contributed by atoms with Crippen molar-refractivity contribution in [3.05, 3.63) is 29.8 Å². The average molecular weight is 235 g/mol. The van der Waals surface area contributed by atoms with E-state index in [1.807, 2.05) is 13.8 Å². The van der Waals surface area contributed by atoms with E-state index in [1.54, 1.807) is 12.1 Å². The maximum Gasteiger partial charge on any atom is 0.251 e. The van der Waals surface area contributed by atoms with Gasteiger partial charge in [-0.3, -0.25) is 4.79 Å². The van der Waals surface area contributed by atoms with E-state index < -0.39 is 0 Å². The van der Waals surface area contributed by atoms with E-state index in [4.69, 9.17) is 0 Å². The average Bonchev–Trinajstić information content (AvgIpc) is 2.28. The van der Waals surface area contributed by atoms with Crippen molar-refractivity contribution < 1.29 is 15.0 Å². The maximum absolute atomic E-state index is 11.9. The Labute approximate surface area is 100 Å². The van der Waals surface area contributed by atoms with Crippen molar-refractivity contribution in [2.45, 2.75) is 32.4 Å². The van der Waals surface area contributed by atoms with Crippen LogP contribution in [0.5, 0.6) is 5.75 Å². The Morgan fingerprint density at radius 2 is 2.18 bits per heavy atom. The Hall–Kier alpha value is -1.55. The lowest BCUT2D eigenvalue weighted by Gasteiger charge is -2.49. The Morgan fingerprint density at radius 1 is 1.47 bits per heavy atom. The molecule has 1 aromatic rings. The van der Waals surface area contributed by atoms with Crippen molar-refractivity contribution in [2.24, 2.45) is 5.41 Å². The van der Waals surface area contributed by atoms with Crippen LogP contribution in [-0.2, 0) is 0 Å². The van der Waals surface area contributed by atoms with Crippen molar-refractivity contribution in [3.63, 3.8) is 0 Å². The van der Waals surface area contributed by atoms with Gasteiger partial charge in [0.15, 0.2) is 0 Å². The second-order valence-corrected chi connectivity index (χ2v) is 5.15. The molecule has 0 radical (unpaired) electrons. The SMILES string of the molecule is CC1(C)C(O)CC1NC(=O)c1cccc(O)c1. The Bertz CT molecular complexity index is 442. The molecule has 4 heteroatoms. The lowest BCUT2D eigenvalue weighted by Crippen LogP contribution is -2.61. The van der Waals surface area contributed by atoms with Gasteiger partial charge in [-0.1, -0.05) is 19.9 Å². The Balaban J connectivity index is 2.04. The summed E-state index contributed by atoms with van der Waals surface area (Å²) in [6.45, 7) is 3.85. The smallest absolute Gasteiger partial charge is 0.251 e. The standard InChI is InChI=1S/C13H17NO3/c1-13(2)10(7-11(13)16)14-12(17)8-4-3-5-9(15)6-8/h3-6,10-11,15-16H,7H2,1-2H3,(H,14,17). The Kier molecular flexibility index (Phi) is 2.83. The maximum atomic E-state index is 11.9. The molecule has 2 atom stereocenters. The molecule has 1 saturated carbocycles. The van der Waals surface area contributed by atoms with Crippen LogP contribution in [-0.4, -0.2) is 28.3 Å². The van der Waals surface area contributed by atoms with Gasteiger partial charge >= 0.3 is 0 Å². The summed E-state index contributed by atoms with van der Waals surface area (Å²) in [6, 6.07) is 6.21. The number of carbonyl (C=O) groups excluding carboxylic acids is 1. The first-order valence-electron chi connectivity index (χ1n) is 5.69. The molecule has 0 saturated heterocycles. The van der Waals surface area contributed by atoms with E-state index in [0.717, 1.165) is 0 Å². The van der Waals surface area contributed by atoms with Gasteiger partial charge in [-0.05, 0) is 24.6 Å². The first-order chi connectivity index (χ1) is 7.91. The predicted octanol–water partition coefficient (Wildman–Crippen LogP) is 1.28. The molecule has 1 aliphatic carbocycles. The summed E-state index contributed by atoms with van der Waals surface area (Å²) in [7, 11) is 0. The fraction of sp³-hybridized carbons (Fsp3) is 0.462. The number of hydrogen-bond acceptors (Lipinski definition) is 3. The molecule has 92 valence electrons. The molecule has 1 aromatic carbocycles. The summed E-state index contributed by atoms with van der Waals surface area (Å²) in [6.07, 6.45) is 0.217. The quantitative estimate of drug-likeness (QED) is 0.723. The lowest BCUT2D eigenvalue weighted by atomic mass is 9.64. The molecular formula is C13H17NO3. The van der Waals surface area contributed by atoms with Crippen molar-refractivity contribution in [1.82, 2.24) is 5.32 Å². The number of aliphatic hydroxyl groups excluding tert-OH is 1. The minimum atomic E-state index is -0.364. The molecule has 0 heterocycles. The molecule has 17 heavy (non-hydrogen) atoms. The molecule has 0 aromatic heterocycles. The second-order valence-electron chi connectivity index (χ2n) is 5.15.